The molecule has 0 aliphatic heterocycles. The van der Waals surface area contributed by atoms with Gasteiger partial charge in [0, 0.05) is 12.8 Å². The molecule has 1 aromatic carbocycles. The van der Waals surface area contributed by atoms with Crippen LogP contribution in [0.5, 0.6) is 0 Å². The zero-order chi connectivity index (χ0) is 23.4. The summed E-state index contributed by atoms with van der Waals surface area (Å²) in [6, 6.07) is 6.83. The summed E-state index contributed by atoms with van der Waals surface area (Å²) in [5, 5.41) is 17.4. The van der Waals surface area contributed by atoms with Crippen LogP contribution >= 0.6 is 0 Å². The Hall–Kier alpha value is -1.84. The summed E-state index contributed by atoms with van der Waals surface area (Å²) < 4.78 is 0. The van der Waals surface area contributed by atoms with E-state index in [9.17, 15) is 9.59 Å². The van der Waals surface area contributed by atoms with E-state index in [-0.39, 0.29) is 0 Å². The molecule has 4 heteroatoms. The van der Waals surface area contributed by atoms with Gasteiger partial charge in [-0.3, -0.25) is 9.59 Å². The van der Waals surface area contributed by atoms with Crippen LogP contribution in [0.4, 0.5) is 0 Å². The average Bonchev–Trinajstić information content (AvgIpc) is 2.76. The fraction of sp³-hybridized carbons (Fsp3) is 0.714. The zero-order valence-electron chi connectivity index (χ0n) is 20.4. The van der Waals surface area contributed by atoms with Crippen molar-refractivity contribution >= 4 is 11.9 Å². The predicted molar refractivity (Wildman–Crippen MR) is 132 cm³/mol. The lowest BCUT2D eigenvalue weighted by atomic mass is 9.91. The average molecular weight is 447 g/mol. The largest absolute Gasteiger partial charge is 0.481 e. The van der Waals surface area contributed by atoms with Crippen molar-refractivity contribution in [3.8, 4) is 0 Å². The van der Waals surface area contributed by atoms with Crippen molar-refractivity contribution in [3.63, 3.8) is 0 Å². The fourth-order valence-electron chi connectivity index (χ4n) is 4.51. The summed E-state index contributed by atoms with van der Waals surface area (Å²) in [5.74, 6) is -1.36. The highest BCUT2D eigenvalue weighted by molar-refractivity contribution is 5.66. The van der Waals surface area contributed by atoms with Crippen LogP contribution in [-0.4, -0.2) is 22.2 Å². The second kappa shape index (κ2) is 18.7. The molecule has 1 rings (SSSR count). The molecule has 0 unspecified atom stereocenters. The number of carboxylic acid groups (broad SMARTS) is 2. The third-order valence-corrected chi connectivity index (χ3v) is 6.41. The number of aliphatic carboxylic acids is 2. The van der Waals surface area contributed by atoms with Crippen LogP contribution in [0.25, 0.3) is 0 Å². The van der Waals surface area contributed by atoms with Gasteiger partial charge in [0.2, 0.25) is 0 Å². The normalized spacial score (nSPS) is 11.0. The molecule has 0 fully saturated rings. The van der Waals surface area contributed by atoms with Gasteiger partial charge in [0.1, 0.15) is 0 Å². The number of benzene rings is 1. The summed E-state index contributed by atoms with van der Waals surface area (Å²) in [6.45, 7) is 2.25. The molecule has 1 aromatic rings. The van der Waals surface area contributed by atoms with Gasteiger partial charge in [-0.1, -0.05) is 89.3 Å². The Bertz CT molecular complexity index is 638. The summed E-state index contributed by atoms with van der Waals surface area (Å²) in [7, 11) is 0. The van der Waals surface area contributed by atoms with Crippen molar-refractivity contribution in [3.05, 3.63) is 34.9 Å². The molecule has 0 spiro atoms. The summed E-state index contributed by atoms with van der Waals surface area (Å²) >= 11 is 0. The number of hydrogen-bond donors (Lipinski definition) is 2. The summed E-state index contributed by atoms with van der Waals surface area (Å²) in [6.07, 6.45) is 20.0. The third-order valence-electron chi connectivity index (χ3n) is 6.41. The second-order valence-electron chi connectivity index (χ2n) is 9.15. The van der Waals surface area contributed by atoms with Crippen molar-refractivity contribution < 1.29 is 19.8 Å². The number of carbonyl (C=O) groups is 2. The molecule has 0 amide bonds. The van der Waals surface area contributed by atoms with Gasteiger partial charge in [0.25, 0.3) is 0 Å². The highest BCUT2D eigenvalue weighted by Crippen LogP contribution is 2.22. The quantitative estimate of drug-likeness (QED) is 0.189. The van der Waals surface area contributed by atoms with Gasteiger partial charge < -0.3 is 10.2 Å². The molecule has 2 N–H and O–H groups in total. The lowest BCUT2D eigenvalue weighted by Gasteiger charge is -2.14. The van der Waals surface area contributed by atoms with E-state index in [0.29, 0.717) is 12.8 Å². The van der Waals surface area contributed by atoms with Gasteiger partial charge >= 0.3 is 11.9 Å². The first-order chi connectivity index (χ1) is 15.5. The second-order valence-corrected chi connectivity index (χ2v) is 9.15. The van der Waals surface area contributed by atoms with E-state index in [1.54, 1.807) is 11.1 Å². The minimum atomic E-state index is -0.678. The highest BCUT2D eigenvalue weighted by atomic mass is 16.4. The molecule has 0 saturated heterocycles. The van der Waals surface area contributed by atoms with Gasteiger partial charge in [0.15, 0.2) is 0 Å². The van der Waals surface area contributed by atoms with Crippen molar-refractivity contribution in [2.24, 2.45) is 0 Å². The third kappa shape index (κ3) is 14.3. The Kier molecular flexibility index (Phi) is 16.5. The standard InChI is InChI=1S/C28H46O4/c1-2-24-19-17-20-25(18-13-9-5-3-7-11-15-22-27(29)30)26(24)21-14-10-6-4-8-12-16-23-28(31)32/h17,19-20H,2-16,18,21-23H2,1H3,(H,29,30)(H,31,32). The minimum Gasteiger partial charge on any atom is -0.481 e. The SMILES string of the molecule is CCc1cccc(CCCCCCCCCC(=O)O)c1CCCCCCCCCC(=O)O. The number of hydrogen-bond acceptors (Lipinski definition) is 2. The number of rotatable bonds is 21. The molecule has 0 heterocycles. The maximum absolute atomic E-state index is 10.5. The van der Waals surface area contributed by atoms with E-state index in [1.807, 2.05) is 0 Å². The van der Waals surface area contributed by atoms with Gasteiger partial charge in [-0.15, -0.1) is 0 Å². The van der Waals surface area contributed by atoms with Crippen LogP contribution < -0.4 is 0 Å². The Morgan fingerprint density at radius 3 is 1.47 bits per heavy atom. The van der Waals surface area contributed by atoms with Gasteiger partial charge in [-0.25, -0.2) is 0 Å². The molecular formula is C28H46O4. The van der Waals surface area contributed by atoms with Crippen LogP contribution in [0.1, 0.15) is 126 Å². The predicted octanol–water partition coefficient (Wildman–Crippen LogP) is 7.74. The van der Waals surface area contributed by atoms with Gasteiger partial charge in [-0.2, -0.15) is 0 Å². The first-order valence-electron chi connectivity index (χ1n) is 13.1. The lowest BCUT2D eigenvalue weighted by molar-refractivity contribution is -0.138. The minimum absolute atomic E-state index is 0.309. The Labute approximate surface area is 195 Å². The first kappa shape index (κ1) is 28.2. The van der Waals surface area contributed by atoms with Crippen molar-refractivity contribution in [2.45, 2.75) is 129 Å². The van der Waals surface area contributed by atoms with E-state index in [1.165, 1.54) is 69.8 Å². The van der Waals surface area contributed by atoms with Gasteiger partial charge in [0.05, 0.1) is 0 Å². The van der Waals surface area contributed by atoms with Crippen molar-refractivity contribution in [1.29, 1.82) is 0 Å². The number of unbranched alkanes of at least 4 members (excludes halogenated alkanes) is 12. The van der Waals surface area contributed by atoms with E-state index in [2.05, 4.69) is 25.1 Å². The fourth-order valence-corrected chi connectivity index (χ4v) is 4.51. The lowest BCUT2D eigenvalue weighted by Crippen LogP contribution is -2.01. The van der Waals surface area contributed by atoms with E-state index in [4.69, 9.17) is 10.2 Å². The molecule has 0 bridgehead atoms. The summed E-state index contributed by atoms with van der Waals surface area (Å²) in [5.41, 5.74) is 4.64. The molecule has 0 aromatic heterocycles. The molecule has 0 aliphatic rings. The van der Waals surface area contributed by atoms with Gasteiger partial charge in [-0.05, 0) is 61.6 Å². The van der Waals surface area contributed by atoms with Crippen LogP contribution in [0.2, 0.25) is 0 Å². The van der Waals surface area contributed by atoms with Crippen molar-refractivity contribution in [1.82, 2.24) is 0 Å². The highest BCUT2D eigenvalue weighted by Gasteiger charge is 2.07. The molecule has 182 valence electrons. The topological polar surface area (TPSA) is 74.6 Å². The Morgan fingerprint density at radius 2 is 1.00 bits per heavy atom. The van der Waals surface area contributed by atoms with E-state index < -0.39 is 11.9 Å². The van der Waals surface area contributed by atoms with Crippen LogP contribution in [0.3, 0.4) is 0 Å². The maximum Gasteiger partial charge on any atom is 0.303 e. The zero-order valence-corrected chi connectivity index (χ0v) is 20.4. The van der Waals surface area contributed by atoms with Crippen molar-refractivity contribution in [2.75, 3.05) is 0 Å². The molecular weight excluding hydrogens is 400 g/mol. The molecule has 4 nitrogen and oxygen atoms in total. The number of aryl methyl sites for hydroxylation is 2. The van der Waals surface area contributed by atoms with E-state index in [0.717, 1.165) is 44.9 Å². The van der Waals surface area contributed by atoms with Crippen LogP contribution in [0, 0.1) is 0 Å². The van der Waals surface area contributed by atoms with E-state index >= 15 is 0 Å². The molecule has 0 saturated carbocycles. The Morgan fingerprint density at radius 1 is 0.594 bits per heavy atom. The van der Waals surface area contributed by atoms with Crippen LogP contribution in [-0.2, 0) is 28.9 Å². The summed E-state index contributed by atoms with van der Waals surface area (Å²) in [4.78, 5) is 21.1. The molecule has 0 atom stereocenters. The number of carboxylic acids is 2. The smallest absolute Gasteiger partial charge is 0.303 e. The first-order valence-corrected chi connectivity index (χ1v) is 13.1. The molecule has 0 aliphatic carbocycles. The molecule has 32 heavy (non-hydrogen) atoms. The Balaban J connectivity index is 2.23. The maximum atomic E-state index is 10.5. The van der Waals surface area contributed by atoms with Crippen LogP contribution in [0.15, 0.2) is 18.2 Å². The molecule has 0 radical (unpaired) electrons. The monoisotopic (exact) mass is 446 g/mol.